The van der Waals surface area contributed by atoms with Crippen LogP contribution >= 0.6 is 11.6 Å². The summed E-state index contributed by atoms with van der Waals surface area (Å²) < 4.78 is 29.3. The number of hydrazone groups is 1. The molecule has 1 aliphatic heterocycles. The van der Waals surface area contributed by atoms with Crippen molar-refractivity contribution in [1.82, 2.24) is 10.3 Å². The molecule has 1 N–H and O–H groups in total. The number of nitrogens with one attached hydrogen (secondary N) is 1. The molecule has 1 aliphatic rings. The molecule has 2 aromatic rings. The van der Waals surface area contributed by atoms with E-state index in [2.05, 4.69) is 20.1 Å². The molecule has 0 saturated carbocycles. The Morgan fingerprint density at radius 3 is 2.86 bits per heavy atom. The van der Waals surface area contributed by atoms with E-state index >= 15 is 0 Å². The summed E-state index contributed by atoms with van der Waals surface area (Å²) in [6.45, 7) is 1.50. The van der Waals surface area contributed by atoms with E-state index in [1.165, 1.54) is 12.1 Å². The van der Waals surface area contributed by atoms with Crippen LogP contribution in [-0.4, -0.2) is 29.8 Å². The number of nitrogens with zero attached hydrogens (tertiary/aromatic N) is 4. The molecule has 0 aliphatic carbocycles. The smallest absolute Gasteiger partial charge is 0.387 e. The monoisotopic (exact) mass is 417 g/mol. The number of halogens is 3. The fourth-order valence-corrected chi connectivity index (χ4v) is 3.06. The second-order valence-corrected chi connectivity index (χ2v) is 6.89. The summed E-state index contributed by atoms with van der Waals surface area (Å²) >= 11 is 6.11. The van der Waals surface area contributed by atoms with Gasteiger partial charge in [-0.2, -0.15) is 19.1 Å². The molecule has 1 unspecified atom stereocenters. The van der Waals surface area contributed by atoms with E-state index in [-0.39, 0.29) is 17.6 Å². The lowest BCUT2D eigenvalue weighted by molar-refractivity contribution is -0.0498. The van der Waals surface area contributed by atoms with Gasteiger partial charge in [0.05, 0.1) is 17.9 Å². The van der Waals surface area contributed by atoms with Gasteiger partial charge in [-0.15, -0.1) is 0 Å². The molecular weight excluding hydrogens is 400 g/mol. The minimum absolute atomic E-state index is 0.0202. The Hall–Kier alpha value is -3.18. The molecule has 0 amide bonds. The maximum absolute atomic E-state index is 12.4. The summed E-state index contributed by atoms with van der Waals surface area (Å²) in [5.41, 5.74) is 3.06. The standard InChI is InChI=1S/C20H18ClF2N5O/c1-12-8-14(6-7-17(12)21)18-13(2)10-28(27-18)20(25-11-24)26-15-4-3-5-16(9-15)29-19(22)23/h3-9,13,19H,10H2,1-2H3,(H,25,26). The molecule has 3 rings (SSSR count). The van der Waals surface area contributed by atoms with Gasteiger partial charge in [0.15, 0.2) is 6.19 Å². The fraction of sp³-hybridized carbons (Fsp3) is 0.250. The van der Waals surface area contributed by atoms with Gasteiger partial charge in [-0.1, -0.05) is 30.7 Å². The Morgan fingerprint density at radius 1 is 1.38 bits per heavy atom. The van der Waals surface area contributed by atoms with Crippen molar-refractivity contribution >= 4 is 29.0 Å². The third-order valence-corrected chi connectivity index (χ3v) is 4.71. The number of ether oxygens (including phenoxy) is 1. The lowest BCUT2D eigenvalue weighted by atomic mass is 9.98. The molecule has 0 saturated heterocycles. The van der Waals surface area contributed by atoms with Crippen LogP contribution in [0.5, 0.6) is 5.75 Å². The second kappa shape index (κ2) is 8.88. The number of guanidine groups is 1. The van der Waals surface area contributed by atoms with Gasteiger partial charge in [0, 0.05) is 17.0 Å². The predicted molar refractivity (Wildman–Crippen MR) is 108 cm³/mol. The highest BCUT2D eigenvalue weighted by Gasteiger charge is 2.27. The Labute approximate surface area is 172 Å². The maximum atomic E-state index is 12.4. The van der Waals surface area contributed by atoms with Gasteiger partial charge in [-0.05, 0) is 42.3 Å². The molecule has 0 aromatic heterocycles. The van der Waals surface area contributed by atoms with Crippen LogP contribution in [0.4, 0.5) is 14.5 Å². The van der Waals surface area contributed by atoms with E-state index in [9.17, 15) is 8.78 Å². The number of aliphatic imine (C=N–C) groups is 1. The van der Waals surface area contributed by atoms with Gasteiger partial charge in [-0.3, -0.25) is 5.32 Å². The van der Waals surface area contributed by atoms with Crippen LogP contribution < -0.4 is 10.1 Å². The third kappa shape index (κ3) is 5.00. The topological polar surface area (TPSA) is 73.0 Å². The zero-order valence-corrected chi connectivity index (χ0v) is 16.5. The molecule has 1 atom stereocenters. The largest absolute Gasteiger partial charge is 0.435 e. The van der Waals surface area contributed by atoms with E-state index in [1.807, 2.05) is 38.2 Å². The number of nitriles is 1. The van der Waals surface area contributed by atoms with Crippen molar-refractivity contribution in [2.24, 2.45) is 16.0 Å². The molecule has 6 nitrogen and oxygen atoms in total. The second-order valence-electron chi connectivity index (χ2n) is 6.48. The van der Waals surface area contributed by atoms with Crippen LogP contribution in [0, 0.1) is 24.3 Å². The third-order valence-electron chi connectivity index (χ3n) is 4.29. The maximum Gasteiger partial charge on any atom is 0.387 e. The molecule has 9 heteroatoms. The van der Waals surface area contributed by atoms with Gasteiger partial charge in [0.25, 0.3) is 0 Å². The molecule has 0 bridgehead atoms. The van der Waals surface area contributed by atoms with Crippen LogP contribution in [0.2, 0.25) is 5.02 Å². The average Bonchev–Trinajstić information content (AvgIpc) is 3.05. The van der Waals surface area contributed by atoms with Crippen molar-refractivity contribution < 1.29 is 13.5 Å². The van der Waals surface area contributed by atoms with Crippen LogP contribution in [0.1, 0.15) is 18.1 Å². The van der Waals surface area contributed by atoms with E-state index < -0.39 is 6.61 Å². The van der Waals surface area contributed by atoms with Crippen LogP contribution in [-0.2, 0) is 0 Å². The van der Waals surface area contributed by atoms with Gasteiger partial charge in [0.2, 0.25) is 5.96 Å². The molecule has 150 valence electrons. The van der Waals surface area contributed by atoms with Crippen LogP contribution in [0.15, 0.2) is 52.6 Å². The van der Waals surface area contributed by atoms with Crippen molar-refractivity contribution in [3.63, 3.8) is 0 Å². The van der Waals surface area contributed by atoms with E-state index in [0.717, 1.165) is 16.8 Å². The zero-order valence-electron chi connectivity index (χ0n) is 15.7. The fourth-order valence-electron chi connectivity index (χ4n) is 2.95. The number of aryl methyl sites for hydroxylation is 1. The summed E-state index contributed by atoms with van der Waals surface area (Å²) in [5, 5.41) is 18.5. The highest BCUT2D eigenvalue weighted by molar-refractivity contribution is 6.31. The summed E-state index contributed by atoms with van der Waals surface area (Å²) in [6, 6.07) is 11.6. The molecule has 0 fully saturated rings. The van der Waals surface area contributed by atoms with E-state index in [4.69, 9.17) is 16.9 Å². The van der Waals surface area contributed by atoms with Crippen molar-refractivity contribution in [2.75, 3.05) is 6.54 Å². The first-order valence-corrected chi connectivity index (χ1v) is 9.16. The molecule has 1 heterocycles. The van der Waals surface area contributed by atoms with Crippen LogP contribution in [0.25, 0.3) is 0 Å². The molecular formula is C20H18ClF2N5O. The zero-order chi connectivity index (χ0) is 21.0. The number of alkyl halides is 2. The first-order chi connectivity index (χ1) is 13.9. The van der Waals surface area contributed by atoms with Crippen molar-refractivity contribution in [2.45, 2.75) is 20.5 Å². The number of rotatable bonds is 4. The predicted octanol–water partition coefficient (Wildman–Crippen LogP) is 4.66. The van der Waals surface area contributed by atoms with Crippen molar-refractivity contribution in [3.8, 4) is 11.9 Å². The van der Waals surface area contributed by atoms with Gasteiger partial charge >= 0.3 is 6.61 Å². The van der Waals surface area contributed by atoms with Gasteiger partial charge in [-0.25, -0.2) is 10.0 Å². The van der Waals surface area contributed by atoms with Crippen molar-refractivity contribution in [3.05, 3.63) is 58.6 Å². The Bertz CT molecular complexity index is 1000. The minimum Gasteiger partial charge on any atom is -0.435 e. The first kappa shape index (κ1) is 20.6. The molecule has 0 radical (unpaired) electrons. The van der Waals surface area contributed by atoms with E-state index in [0.29, 0.717) is 17.3 Å². The molecule has 2 aromatic carbocycles. The molecule has 0 spiro atoms. The first-order valence-electron chi connectivity index (χ1n) is 8.78. The Morgan fingerprint density at radius 2 is 2.17 bits per heavy atom. The number of benzene rings is 2. The minimum atomic E-state index is -2.93. The van der Waals surface area contributed by atoms with Gasteiger partial charge in [0.1, 0.15) is 5.75 Å². The quantitative estimate of drug-likeness (QED) is 0.340. The van der Waals surface area contributed by atoms with E-state index in [1.54, 1.807) is 17.1 Å². The van der Waals surface area contributed by atoms with Crippen LogP contribution in [0.3, 0.4) is 0 Å². The lowest BCUT2D eigenvalue weighted by Gasteiger charge is -2.15. The normalized spacial score (nSPS) is 16.6. The lowest BCUT2D eigenvalue weighted by Crippen LogP contribution is -2.35. The SMILES string of the molecule is Cc1cc(C2=NN(C(=Nc3cccc(OC(F)F)c3)NC#N)CC2C)ccc1Cl. The summed E-state index contributed by atoms with van der Waals surface area (Å²) in [4.78, 5) is 4.35. The Kier molecular flexibility index (Phi) is 6.29. The highest BCUT2D eigenvalue weighted by atomic mass is 35.5. The highest BCUT2D eigenvalue weighted by Crippen LogP contribution is 2.25. The summed E-state index contributed by atoms with van der Waals surface area (Å²) in [5.74, 6) is 0.247. The Balaban J connectivity index is 1.91. The number of hydrogen-bond acceptors (Lipinski definition) is 4. The molecule has 29 heavy (non-hydrogen) atoms. The summed E-state index contributed by atoms with van der Waals surface area (Å²) in [6.07, 6.45) is 1.84. The summed E-state index contributed by atoms with van der Waals surface area (Å²) in [7, 11) is 0. The van der Waals surface area contributed by atoms with Crippen molar-refractivity contribution in [1.29, 1.82) is 5.26 Å². The van der Waals surface area contributed by atoms with Gasteiger partial charge < -0.3 is 4.74 Å². The number of hydrogen-bond donors (Lipinski definition) is 1. The average molecular weight is 418 g/mol.